The van der Waals surface area contributed by atoms with Gasteiger partial charge in [0.2, 0.25) is 0 Å². The lowest BCUT2D eigenvalue weighted by Gasteiger charge is -2.07. The van der Waals surface area contributed by atoms with Crippen molar-refractivity contribution in [2.45, 2.75) is 58.0 Å². The van der Waals surface area contributed by atoms with Crippen LogP contribution < -0.4 is 4.72 Å². The number of rotatable bonds is 5. The highest BCUT2D eigenvalue weighted by atomic mass is 32.2. The summed E-state index contributed by atoms with van der Waals surface area (Å²) in [5, 5.41) is 0.113. The quantitative estimate of drug-likeness (QED) is 0.923. The van der Waals surface area contributed by atoms with Gasteiger partial charge < -0.3 is 4.40 Å². The molecule has 0 aliphatic rings. The normalized spacial score (nSPS) is 12.7. The Kier molecular flexibility index (Phi) is 4.39. The third kappa shape index (κ3) is 3.11. The summed E-state index contributed by atoms with van der Waals surface area (Å²) in [6, 6.07) is 3.63. The van der Waals surface area contributed by atoms with E-state index in [9.17, 15) is 8.42 Å². The summed E-state index contributed by atoms with van der Waals surface area (Å²) in [4.78, 5) is 4.40. The van der Waals surface area contributed by atoms with E-state index in [2.05, 4.69) is 16.6 Å². The number of imidazole rings is 1. The molecular weight excluding hydrogens is 286 g/mol. The SMILES string of the molecule is CCc1ccc2c(S(=O)(=O)NC(C)C)nc(C(C)C)n2c1. The molecule has 2 aromatic rings. The van der Waals surface area contributed by atoms with Gasteiger partial charge in [0, 0.05) is 18.2 Å². The van der Waals surface area contributed by atoms with Gasteiger partial charge in [0.1, 0.15) is 5.82 Å². The average molecular weight is 309 g/mol. The van der Waals surface area contributed by atoms with Crippen LogP contribution in [0.25, 0.3) is 5.52 Å². The Balaban J connectivity index is 2.71. The van der Waals surface area contributed by atoms with Crippen molar-refractivity contribution in [2.24, 2.45) is 0 Å². The zero-order chi connectivity index (χ0) is 15.8. The molecule has 0 aliphatic carbocycles. The summed E-state index contributed by atoms with van der Waals surface area (Å²) in [7, 11) is -3.60. The second kappa shape index (κ2) is 5.77. The van der Waals surface area contributed by atoms with Crippen LogP contribution in [0.2, 0.25) is 0 Å². The first-order chi connectivity index (χ1) is 9.76. The van der Waals surface area contributed by atoms with Crippen LogP contribution in [0.15, 0.2) is 23.4 Å². The van der Waals surface area contributed by atoms with E-state index in [-0.39, 0.29) is 17.0 Å². The number of sulfonamides is 1. The molecule has 0 spiro atoms. The first-order valence-electron chi connectivity index (χ1n) is 7.29. The summed E-state index contributed by atoms with van der Waals surface area (Å²) in [5.41, 5.74) is 1.78. The lowest BCUT2D eigenvalue weighted by molar-refractivity contribution is 0.567. The Labute approximate surface area is 126 Å². The molecule has 6 heteroatoms. The minimum atomic E-state index is -3.60. The molecule has 2 aromatic heterocycles. The maximum absolute atomic E-state index is 12.5. The Morgan fingerprint density at radius 3 is 2.43 bits per heavy atom. The predicted molar refractivity (Wildman–Crippen MR) is 84.1 cm³/mol. The van der Waals surface area contributed by atoms with Crippen LogP contribution in [0.4, 0.5) is 0 Å². The molecule has 0 saturated carbocycles. The summed E-state index contributed by atoms with van der Waals surface area (Å²) in [6.07, 6.45) is 2.88. The Bertz CT molecular complexity index is 746. The lowest BCUT2D eigenvalue weighted by Crippen LogP contribution is -2.30. The Hall–Kier alpha value is -1.40. The van der Waals surface area contributed by atoms with E-state index in [1.165, 1.54) is 0 Å². The van der Waals surface area contributed by atoms with Crippen molar-refractivity contribution in [1.29, 1.82) is 0 Å². The molecule has 0 atom stereocenters. The second-order valence-corrected chi connectivity index (χ2v) is 7.48. The average Bonchev–Trinajstić information content (AvgIpc) is 2.76. The van der Waals surface area contributed by atoms with Crippen LogP contribution in [0.3, 0.4) is 0 Å². The van der Waals surface area contributed by atoms with E-state index in [4.69, 9.17) is 0 Å². The highest BCUT2D eigenvalue weighted by Gasteiger charge is 2.25. The predicted octanol–water partition coefficient (Wildman–Crippen LogP) is 2.71. The van der Waals surface area contributed by atoms with Crippen molar-refractivity contribution in [3.8, 4) is 0 Å². The fourth-order valence-corrected chi connectivity index (χ4v) is 3.69. The molecule has 0 fully saturated rings. The fourth-order valence-electron chi connectivity index (χ4n) is 2.30. The largest absolute Gasteiger partial charge is 0.302 e. The molecule has 0 radical (unpaired) electrons. The van der Waals surface area contributed by atoms with Gasteiger partial charge in [-0.25, -0.2) is 18.1 Å². The molecule has 21 heavy (non-hydrogen) atoms. The highest BCUT2D eigenvalue weighted by molar-refractivity contribution is 7.89. The lowest BCUT2D eigenvalue weighted by atomic mass is 10.2. The van der Waals surface area contributed by atoms with Crippen molar-refractivity contribution in [1.82, 2.24) is 14.1 Å². The zero-order valence-corrected chi connectivity index (χ0v) is 14.0. The first kappa shape index (κ1) is 16.0. The minimum absolute atomic E-state index is 0.113. The van der Waals surface area contributed by atoms with Gasteiger partial charge in [0.25, 0.3) is 10.0 Å². The Morgan fingerprint density at radius 1 is 1.24 bits per heavy atom. The summed E-state index contributed by atoms with van der Waals surface area (Å²) in [6.45, 7) is 9.70. The van der Waals surface area contributed by atoms with Gasteiger partial charge in [-0.3, -0.25) is 0 Å². The monoisotopic (exact) mass is 309 g/mol. The molecule has 1 N–H and O–H groups in total. The number of hydrogen-bond acceptors (Lipinski definition) is 3. The molecule has 2 rings (SSSR count). The molecule has 116 valence electrons. The standard InChI is InChI=1S/C15H23N3O2S/c1-6-12-7-8-13-15(21(19,20)17-11(4)5)16-14(10(2)3)18(13)9-12/h7-11,17H,6H2,1-5H3. The molecule has 0 saturated heterocycles. The van der Waals surface area contributed by atoms with Crippen LogP contribution in [0.5, 0.6) is 0 Å². The topological polar surface area (TPSA) is 63.5 Å². The second-order valence-electron chi connectivity index (χ2n) is 5.85. The zero-order valence-electron chi connectivity index (χ0n) is 13.2. The highest BCUT2D eigenvalue weighted by Crippen LogP contribution is 2.24. The van der Waals surface area contributed by atoms with Crippen molar-refractivity contribution in [2.75, 3.05) is 0 Å². The van der Waals surface area contributed by atoms with E-state index in [0.29, 0.717) is 5.52 Å². The number of nitrogens with one attached hydrogen (secondary N) is 1. The molecule has 2 heterocycles. The Morgan fingerprint density at radius 2 is 1.90 bits per heavy atom. The summed E-state index contributed by atoms with van der Waals surface area (Å²) in [5.74, 6) is 0.914. The number of aryl methyl sites for hydroxylation is 1. The van der Waals surface area contributed by atoms with Crippen LogP contribution >= 0.6 is 0 Å². The molecule has 5 nitrogen and oxygen atoms in total. The minimum Gasteiger partial charge on any atom is -0.302 e. The van der Waals surface area contributed by atoms with Gasteiger partial charge in [0.15, 0.2) is 5.03 Å². The fraction of sp³-hybridized carbons (Fsp3) is 0.533. The number of pyridine rings is 1. The maximum atomic E-state index is 12.5. The summed E-state index contributed by atoms with van der Waals surface area (Å²) >= 11 is 0. The molecule has 0 unspecified atom stereocenters. The van der Waals surface area contributed by atoms with Crippen molar-refractivity contribution < 1.29 is 8.42 Å². The van der Waals surface area contributed by atoms with Crippen molar-refractivity contribution in [3.63, 3.8) is 0 Å². The van der Waals surface area contributed by atoms with Crippen LogP contribution in [0, 0.1) is 0 Å². The number of nitrogens with zero attached hydrogens (tertiary/aromatic N) is 2. The van der Waals surface area contributed by atoms with E-state index >= 15 is 0 Å². The number of fused-ring (bicyclic) bond motifs is 1. The van der Waals surface area contributed by atoms with E-state index in [1.54, 1.807) is 13.8 Å². The number of aromatic nitrogens is 2. The third-order valence-electron chi connectivity index (χ3n) is 3.26. The van der Waals surface area contributed by atoms with Crippen molar-refractivity contribution >= 4 is 15.5 Å². The third-order valence-corrected chi connectivity index (χ3v) is 4.85. The molecule has 0 aromatic carbocycles. The molecule has 0 aliphatic heterocycles. The van der Waals surface area contributed by atoms with E-state index in [1.807, 2.05) is 36.6 Å². The molecular formula is C15H23N3O2S. The first-order valence-corrected chi connectivity index (χ1v) is 8.77. The smallest absolute Gasteiger partial charge is 0.260 e. The van der Waals surface area contributed by atoms with Crippen LogP contribution in [0.1, 0.15) is 51.9 Å². The van der Waals surface area contributed by atoms with Gasteiger partial charge in [-0.2, -0.15) is 0 Å². The van der Waals surface area contributed by atoms with E-state index < -0.39 is 10.0 Å². The molecule has 0 bridgehead atoms. The molecule has 0 amide bonds. The number of hydrogen-bond donors (Lipinski definition) is 1. The van der Waals surface area contributed by atoms with Crippen molar-refractivity contribution in [3.05, 3.63) is 29.7 Å². The summed E-state index contributed by atoms with van der Waals surface area (Å²) < 4.78 is 29.4. The van der Waals surface area contributed by atoms with Crippen LogP contribution in [-0.4, -0.2) is 23.8 Å². The van der Waals surface area contributed by atoms with Gasteiger partial charge in [-0.05, 0) is 31.9 Å². The van der Waals surface area contributed by atoms with Gasteiger partial charge >= 0.3 is 0 Å². The maximum Gasteiger partial charge on any atom is 0.260 e. The van der Waals surface area contributed by atoms with E-state index in [0.717, 1.165) is 17.8 Å². The van der Waals surface area contributed by atoms with Gasteiger partial charge in [0.05, 0.1) is 5.52 Å². The van der Waals surface area contributed by atoms with Crippen LogP contribution in [-0.2, 0) is 16.4 Å². The van der Waals surface area contributed by atoms with Gasteiger partial charge in [-0.1, -0.05) is 26.8 Å². The van der Waals surface area contributed by atoms with Gasteiger partial charge in [-0.15, -0.1) is 0 Å².